The van der Waals surface area contributed by atoms with Crippen molar-refractivity contribution < 1.29 is 30.8 Å². The van der Waals surface area contributed by atoms with Gasteiger partial charge in [-0.15, -0.1) is 0 Å². The number of H-pyrrole nitrogens is 1. The zero-order chi connectivity index (χ0) is 27.4. The van der Waals surface area contributed by atoms with Crippen molar-refractivity contribution in [3.8, 4) is 11.1 Å². The number of halogens is 4. The first-order valence-electron chi connectivity index (χ1n) is 11.6. The Morgan fingerprint density at radius 2 is 1.87 bits per heavy atom. The summed E-state index contributed by atoms with van der Waals surface area (Å²) in [6, 6.07) is 10.1. The van der Waals surface area contributed by atoms with Crippen molar-refractivity contribution in [3.05, 3.63) is 93.3 Å². The Morgan fingerprint density at radius 3 is 2.53 bits per heavy atom. The molecule has 198 valence electrons. The van der Waals surface area contributed by atoms with Crippen LogP contribution in [-0.2, 0) is 22.7 Å². The fourth-order valence-electron chi connectivity index (χ4n) is 4.46. The molecule has 5 rings (SSSR count). The number of rotatable bonds is 6. The zero-order valence-corrected chi connectivity index (χ0v) is 20.7. The van der Waals surface area contributed by atoms with Gasteiger partial charge in [0.15, 0.2) is 0 Å². The van der Waals surface area contributed by atoms with Gasteiger partial charge in [-0.1, -0.05) is 18.2 Å². The van der Waals surface area contributed by atoms with E-state index < -0.39 is 44.3 Å². The highest BCUT2D eigenvalue weighted by atomic mass is 32.2. The van der Waals surface area contributed by atoms with Gasteiger partial charge in [-0.25, -0.2) is 17.5 Å². The molecule has 2 aromatic heterocycles. The molecule has 0 saturated heterocycles. The number of pyridine rings is 1. The van der Waals surface area contributed by atoms with E-state index in [1.165, 1.54) is 42.0 Å². The topological polar surface area (TPSA) is 101 Å². The number of alkyl halides is 3. The molecule has 1 aliphatic rings. The highest BCUT2D eigenvalue weighted by Gasteiger charge is 2.39. The minimum atomic E-state index is -4.74. The van der Waals surface area contributed by atoms with Gasteiger partial charge in [0.25, 0.3) is 11.5 Å². The highest BCUT2D eigenvalue weighted by Crippen LogP contribution is 2.39. The third-order valence-electron chi connectivity index (χ3n) is 6.49. The predicted molar refractivity (Wildman–Crippen MR) is 133 cm³/mol. The first-order chi connectivity index (χ1) is 17.9. The van der Waals surface area contributed by atoms with E-state index in [-0.39, 0.29) is 39.8 Å². The van der Waals surface area contributed by atoms with Crippen LogP contribution in [0.5, 0.6) is 0 Å². The summed E-state index contributed by atoms with van der Waals surface area (Å²) in [4.78, 5) is 28.8. The maximum absolute atomic E-state index is 15.0. The first-order valence-corrected chi connectivity index (χ1v) is 13.1. The molecule has 1 aliphatic carbocycles. The fourth-order valence-corrected chi connectivity index (χ4v) is 5.74. The summed E-state index contributed by atoms with van der Waals surface area (Å²) >= 11 is 0. The lowest BCUT2D eigenvalue weighted by Gasteiger charge is -2.14. The van der Waals surface area contributed by atoms with Crippen molar-refractivity contribution in [2.45, 2.75) is 37.7 Å². The van der Waals surface area contributed by atoms with E-state index in [0.717, 1.165) is 18.2 Å². The fraction of sp³-hybridized carbons (Fsp3) is 0.231. The van der Waals surface area contributed by atoms with Crippen LogP contribution in [0, 0.1) is 12.7 Å². The number of hydrogen-bond donors (Lipinski definition) is 2. The summed E-state index contributed by atoms with van der Waals surface area (Å²) in [5, 5.41) is -0.877. The van der Waals surface area contributed by atoms with E-state index >= 15 is 4.39 Å². The van der Waals surface area contributed by atoms with Crippen LogP contribution in [0.2, 0.25) is 0 Å². The molecule has 0 spiro atoms. The number of sulfonamides is 1. The molecule has 7 nitrogen and oxygen atoms in total. The van der Waals surface area contributed by atoms with Gasteiger partial charge < -0.3 is 9.55 Å². The Hall–Kier alpha value is -3.93. The maximum atomic E-state index is 15.0. The normalized spacial score (nSPS) is 14.1. The number of carbonyl (C=O) groups is 1. The standard InChI is InChI=1S/C26H21F4N3O4S/c1-14-4-2-5-15(22(14)27)13-33-20-10-7-16(26(28,29)30)12-19(20)21(18-6-3-11-31-24(18)34)23(33)25(35)32-38(36,37)17-8-9-17/h2-7,10-12,17H,8-9,13H2,1H3,(H,31,34)(H,32,35). The van der Waals surface area contributed by atoms with Crippen LogP contribution in [0.3, 0.4) is 0 Å². The van der Waals surface area contributed by atoms with E-state index in [9.17, 15) is 31.2 Å². The second-order valence-electron chi connectivity index (χ2n) is 9.18. The Kier molecular flexibility index (Phi) is 6.17. The Morgan fingerprint density at radius 1 is 1.13 bits per heavy atom. The van der Waals surface area contributed by atoms with Gasteiger partial charge in [0.05, 0.1) is 17.4 Å². The molecule has 0 unspecified atom stereocenters. The molecule has 2 N–H and O–H groups in total. The molecule has 1 saturated carbocycles. The molecular weight excluding hydrogens is 526 g/mol. The number of nitrogens with one attached hydrogen (secondary N) is 2. The van der Waals surface area contributed by atoms with Gasteiger partial charge in [0, 0.05) is 33.8 Å². The van der Waals surface area contributed by atoms with Crippen molar-refractivity contribution in [2.75, 3.05) is 0 Å². The van der Waals surface area contributed by atoms with Crippen LogP contribution in [0.1, 0.15) is 40.0 Å². The maximum Gasteiger partial charge on any atom is 0.416 e. The summed E-state index contributed by atoms with van der Waals surface area (Å²) in [6.45, 7) is 1.22. The molecule has 12 heteroatoms. The van der Waals surface area contributed by atoms with Crippen LogP contribution in [0.15, 0.2) is 59.5 Å². The smallest absolute Gasteiger partial charge is 0.331 e. The van der Waals surface area contributed by atoms with Gasteiger partial charge in [-0.05, 0) is 55.7 Å². The van der Waals surface area contributed by atoms with Crippen molar-refractivity contribution in [3.63, 3.8) is 0 Å². The van der Waals surface area contributed by atoms with Crippen LogP contribution < -0.4 is 10.3 Å². The number of aryl methyl sites for hydroxylation is 1. The average Bonchev–Trinajstić information content (AvgIpc) is 3.66. The molecule has 4 aromatic rings. The number of fused-ring (bicyclic) bond motifs is 1. The molecule has 0 aliphatic heterocycles. The number of amides is 1. The molecule has 1 amide bonds. The van der Waals surface area contributed by atoms with Crippen LogP contribution in [0.25, 0.3) is 22.0 Å². The van der Waals surface area contributed by atoms with Gasteiger partial charge in [0.2, 0.25) is 10.0 Å². The summed E-state index contributed by atoms with van der Waals surface area (Å²) in [5.74, 6) is -1.72. The third kappa shape index (κ3) is 4.60. The van der Waals surface area contributed by atoms with E-state index in [1.807, 2.05) is 4.72 Å². The van der Waals surface area contributed by atoms with Crippen molar-refractivity contribution >= 4 is 26.8 Å². The Labute approximate surface area is 214 Å². The zero-order valence-electron chi connectivity index (χ0n) is 19.9. The Balaban J connectivity index is 1.85. The molecule has 2 heterocycles. The van der Waals surface area contributed by atoms with E-state index in [1.54, 1.807) is 6.07 Å². The minimum Gasteiger partial charge on any atom is -0.331 e. The second kappa shape index (κ2) is 9.12. The number of hydrogen-bond acceptors (Lipinski definition) is 4. The lowest BCUT2D eigenvalue weighted by molar-refractivity contribution is -0.137. The van der Waals surface area contributed by atoms with Gasteiger partial charge in [0.1, 0.15) is 11.5 Å². The van der Waals surface area contributed by atoms with Crippen LogP contribution in [0.4, 0.5) is 17.6 Å². The van der Waals surface area contributed by atoms with Gasteiger partial charge in [-0.3, -0.25) is 9.59 Å². The largest absolute Gasteiger partial charge is 0.416 e. The predicted octanol–water partition coefficient (Wildman–Crippen LogP) is 4.73. The number of benzene rings is 2. The van der Waals surface area contributed by atoms with Gasteiger partial charge >= 0.3 is 6.18 Å². The molecule has 38 heavy (non-hydrogen) atoms. The van der Waals surface area contributed by atoms with Crippen molar-refractivity contribution in [1.29, 1.82) is 0 Å². The van der Waals surface area contributed by atoms with Crippen LogP contribution >= 0.6 is 0 Å². The molecule has 0 bridgehead atoms. The quantitative estimate of drug-likeness (QED) is 0.341. The summed E-state index contributed by atoms with van der Waals surface area (Å²) in [5.41, 5.74) is -1.93. The first kappa shape index (κ1) is 25.7. The number of aromatic nitrogens is 2. The summed E-state index contributed by atoms with van der Waals surface area (Å²) < 4.78 is 84.6. The van der Waals surface area contributed by atoms with E-state index in [2.05, 4.69) is 4.98 Å². The van der Waals surface area contributed by atoms with E-state index in [0.29, 0.717) is 18.4 Å². The molecule has 0 atom stereocenters. The lowest BCUT2D eigenvalue weighted by Crippen LogP contribution is -2.35. The lowest BCUT2D eigenvalue weighted by atomic mass is 10.0. The van der Waals surface area contributed by atoms with Crippen molar-refractivity contribution in [2.24, 2.45) is 0 Å². The number of nitrogens with zero attached hydrogens (tertiary/aromatic N) is 1. The van der Waals surface area contributed by atoms with Crippen molar-refractivity contribution in [1.82, 2.24) is 14.3 Å². The summed E-state index contributed by atoms with van der Waals surface area (Å²) in [6.07, 6.45) is -2.71. The molecule has 1 fully saturated rings. The summed E-state index contributed by atoms with van der Waals surface area (Å²) in [7, 11) is -4.07. The molecule has 2 aromatic carbocycles. The number of aromatic amines is 1. The van der Waals surface area contributed by atoms with Crippen LogP contribution in [-0.4, -0.2) is 29.1 Å². The highest BCUT2D eigenvalue weighted by molar-refractivity contribution is 7.91. The van der Waals surface area contributed by atoms with Gasteiger partial charge in [-0.2, -0.15) is 13.2 Å². The van der Waals surface area contributed by atoms with E-state index in [4.69, 9.17) is 0 Å². The second-order valence-corrected chi connectivity index (χ2v) is 11.1. The third-order valence-corrected chi connectivity index (χ3v) is 8.31. The SMILES string of the molecule is Cc1cccc(Cn2c(C(=O)NS(=O)(=O)C3CC3)c(-c3ccc[nH]c3=O)c3cc(C(F)(F)F)ccc32)c1F. The Bertz CT molecular complexity index is 1750. The monoisotopic (exact) mass is 547 g/mol. The molecular formula is C26H21F4N3O4S. The number of carbonyl (C=O) groups excluding carboxylic acids is 1. The average molecular weight is 548 g/mol. The molecule has 0 radical (unpaired) electrons. The minimum absolute atomic E-state index is 0.0890.